The lowest BCUT2D eigenvalue weighted by molar-refractivity contribution is -0.0520. The predicted molar refractivity (Wildman–Crippen MR) is 100 cm³/mol. The van der Waals surface area contributed by atoms with Crippen LogP contribution in [0.4, 0.5) is 0 Å². The van der Waals surface area contributed by atoms with Crippen LogP contribution in [0, 0.1) is 0 Å². The standard InChI is InChI=1S/C22H23NO2/c1-3-14-22(15-4-2)19-13-9-8-12-18(19)20(24)23(21(22)25)16-17-10-6-5-7-11-17/h3-13,21,25H,1-2,14-16H2/t21-/m0/s1. The van der Waals surface area contributed by atoms with E-state index in [1.807, 2.05) is 54.6 Å². The first-order chi connectivity index (χ1) is 12.1. The van der Waals surface area contributed by atoms with Crippen molar-refractivity contribution in [1.29, 1.82) is 0 Å². The molecule has 1 heterocycles. The molecule has 2 aromatic rings. The van der Waals surface area contributed by atoms with Gasteiger partial charge >= 0.3 is 0 Å². The normalized spacial score (nSPS) is 18.5. The largest absolute Gasteiger partial charge is 0.373 e. The van der Waals surface area contributed by atoms with Crippen molar-refractivity contribution < 1.29 is 9.90 Å². The third kappa shape index (κ3) is 2.92. The van der Waals surface area contributed by atoms with Gasteiger partial charge in [0, 0.05) is 17.5 Å². The van der Waals surface area contributed by atoms with Crippen molar-refractivity contribution in [2.45, 2.75) is 31.0 Å². The van der Waals surface area contributed by atoms with Crippen molar-refractivity contribution in [1.82, 2.24) is 4.90 Å². The Morgan fingerprint density at radius 3 is 2.24 bits per heavy atom. The van der Waals surface area contributed by atoms with E-state index in [0.29, 0.717) is 24.9 Å². The van der Waals surface area contributed by atoms with Crippen LogP contribution in [0.5, 0.6) is 0 Å². The van der Waals surface area contributed by atoms with Crippen LogP contribution < -0.4 is 0 Å². The van der Waals surface area contributed by atoms with Crippen molar-refractivity contribution in [3.63, 3.8) is 0 Å². The summed E-state index contributed by atoms with van der Waals surface area (Å²) in [4.78, 5) is 14.6. The van der Waals surface area contributed by atoms with Crippen LogP contribution >= 0.6 is 0 Å². The molecule has 0 spiro atoms. The number of nitrogens with zero attached hydrogens (tertiary/aromatic N) is 1. The first-order valence-corrected chi connectivity index (χ1v) is 8.48. The Balaban J connectivity index is 2.11. The Morgan fingerprint density at radius 1 is 1.00 bits per heavy atom. The van der Waals surface area contributed by atoms with Gasteiger partial charge < -0.3 is 10.0 Å². The van der Waals surface area contributed by atoms with Crippen LogP contribution in [0.1, 0.15) is 34.3 Å². The van der Waals surface area contributed by atoms with Gasteiger partial charge in [0.2, 0.25) is 0 Å². The van der Waals surface area contributed by atoms with E-state index < -0.39 is 11.6 Å². The van der Waals surface area contributed by atoms with Gasteiger partial charge in [-0.05, 0) is 30.0 Å². The summed E-state index contributed by atoms with van der Waals surface area (Å²) in [6.07, 6.45) is 3.80. The quantitative estimate of drug-likeness (QED) is 0.810. The molecule has 1 atom stereocenters. The highest BCUT2D eigenvalue weighted by Crippen LogP contribution is 2.44. The highest BCUT2D eigenvalue weighted by atomic mass is 16.3. The first kappa shape index (κ1) is 17.2. The average molecular weight is 333 g/mol. The molecular weight excluding hydrogens is 310 g/mol. The van der Waals surface area contributed by atoms with Gasteiger partial charge in [-0.1, -0.05) is 60.7 Å². The highest BCUT2D eigenvalue weighted by molar-refractivity contribution is 5.97. The van der Waals surface area contributed by atoms with E-state index in [1.165, 1.54) is 0 Å². The van der Waals surface area contributed by atoms with Crippen LogP contribution in [0.2, 0.25) is 0 Å². The lowest BCUT2D eigenvalue weighted by Gasteiger charge is -2.47. The smallest absolute Gasteiger partial charge is 0.256 e. The number of aliphatic hydroxyl groups is 1. The number of carbonyl (C=O) groups excluding carboxylic acids is 1. The summed E-state index contributed by atoms with van der Waals surface area (Å²) < 4.78 is 0. The molecule has 1 aliphatic rings. The molecule has 0 saturated heterocycles. The van der Waals surface area contributed by atoms with E-state index in [4.69, 9.17) is 0 Å². The average Bonchev–Trinajstić information content (AvgIpc) is 2.65. The lowest BCUT2D eigenvalue weighted by atomic mass is 9.68. The molecule has 0 unspecified atom stereocenters. The second-order valence-corrected chi connectivity index (χ2v) is 6.48. The van der Waals surface area contributed by atoms with Crippen molar-refractivity contribution in [3.05, 3.63) is 96.6 Å². The molecule has 3 rings (SSSR count). The van der Waals surface area contributed by atoms with E-state index in [2.05, 4.69) is 13.2 Å². The maximum absolute atomic E-state index is 13.0. The molecule has 0 saturated carbocycles. The molecule has 0 fully saturated rings. The van der Waals surface area contributed by atoms with Gasteiger partial charge in [0.25, 0.3) is 5.91 Å². The van der Waals surface area contributed by atoms with Gasteiger partial charge in [-0.25, -0.2) is 0 Å². The summed E-state index contributed by atoms with van der Waals surface area (Å²) in [6, 6.07) is 17.3. The van der Waals surface area contributed by atoms with Crippen molar-refractivity contribution in [2.75, 3.05) is 0 Å². The number of rotatable bonds is 6. The van der Waals surface area contributed by atoms with Crippen LogP contribution in [-0.2, 0) is 12.0 Å². The summed E-state index contributed by atoms with van der Waals surface area (Å²) in [5.74, 6) is -0.143. The van der Waals surface area contributed by atoms with Gasteiger partial charge in [-0.3, -0.25) is 4.79 Å². The summed E-state index contributed by atoms with van der Waals surface area (Å²) >= 11 is 0. The van der Waals surface area contributed by atoms with Crippen molar-refractivity contribution >= 4 is 5.91 Å². The zero-order valence-corrected chi connectivity index (χ0v) is 14.3. The summed E-state index contributed by atoms with van der Waals surface area (Å²) in [6.45, 7) is 8.10. The molecule has 25 heavy (non-hydrogen) atoms. The van der Waals surface area contributed by atoms with Gasteiger partial charge in [0.05, 0.1) is 0 Å². The maximum Gasteiger partial charge on any atom is 0.256 e. The minimum Gasteiger partial charge on any atom is -0.373 e. The molecule has 0 aromatic heterocycles. The number of amides is 1. The van der Waals surface area contributed by atoms with Crippen molar-refractivity contribution in [2.24, 2.45) is 0 Å². The van der Waals surface area contributed by atoms with Gasteiger partial charge in [0.1, 0.15) is 6.23 Å². The monoisotopic (exact) mass is 333 g/mol. The highest BCUT2D eigenvalue weighted by Gasteiger charge is 2.48. The minimum absolute atomic E-state index is 0.143. The van der Waals surface area contributed by atoms with Crippen LogP contribution in [-0.4, -0.2) is 22.1 Å². The van der Waals surface area contributed by atoms with Gasteiger partial charge in [-0.15, -0.1) is 13.2 Å². The van der Waals surface area contributed by atoms with E-state index >= 15 is 0 Å². The third-order valence-electron chi connectivity index (χ3n) is 4.96. The van der Waals surface area contributed by atoms with E-state index in [9.17, 15) is 9.90 Å². The molecule has 1 aliphatic heterocycles. The third-order valence-corrected chi connectivity index (χ3v) is 4.96. The number of hydrogen-bond donors (Lipinski definition) is 1. The Kier molecular flexibility index (Phi) is 4.86. The van der Waals surface area contributed by atoms with Crippen molar-refractivity contribution in [3.8, 4) is 0 Å². The fraction of sp³-hybridized carbons (Fsp3) is 0.227. The molecule has 3 heteroatoms. The molecule has 0 bridgehead atoms. The topological polar surface area (TPSA) is 40.5 Å². The molecule has 2 aromatic carbocycles. The summed E-state index contributed by atoms with van der Waals surface area (Å²) in [7, 11) is 0. The summed E-state index contributed by atoms with van der Waals surface area (Å²) in [5, 5.41) is 11.2. The predicted octanol–water partition coefficient (Wildman–Crippen LogP) is 4.05. The Bertz CT molecular complexity index is 772. The molecule has 1 N–H and O–H groups in total. The molecular formula is C22H23NO2. The number of fused-ring (bicyclic) bond motifs is 1. The maximum atomic E-state index is 13.0. The number of carbonyl (C=O) groups is 1. The molecule has 1 amide bonds. The summed E-state index contributed by atoms with van der Waals surface area (Å²) in [5.41, 5.74) is 1.88. The van der Waals surface area contributed by atoms with Crippen LogP contribution in [0.25, 0.3) is 0 Å². The van der Waals surface area contributed by atoms with Gasteiger partial charge in [0.15, 0.2) is 0 Å². The van der Waals surface area contributed by atoms with E-state index in [1.54, 1.807) is 17.1 Å². The number of hydrogen-bond acceptors (Lipinski definition) is 2. The fourth-order valence-electron chi connectivity index (χ4n) is 3.77. The fourth-order valence-corrected chi connectivity index (χ4v) is 3.77. The second kappa shape index (κ2) is 7.08. The number of allylic oxidation sites excluding steroid dienone is 2. The number of aliphatic hydroxyl groups excluding tert-OH is 1. The number of benzene rings is 2. The zero-order valence-electron chi connectivity index (χ0n) is 14.3. The zero-order chi connectivity index (χ0) is 17.9. The molecule has 0 radical (unpaired) electrons. The van der Waals surface area contributed by atoms with E-state index in [0.717, 1.165) is 11.1 Å². The Morgan fingerprint density at radius 2 is 1.60 bits per heavy atom. The van der Waals surface area contributed by atoms with E-state index in [-0.39, 0.29) is 5.91 Å². The lowest BCUT2D eigenvalue weighted by Crippen LogP contribution is -2.56. The van der Waals surface area contributed by atoms with Crippen LogP contribution in [0.3, 0.4) is 0 Å². The molecule has 128 valence electrons. The Hall–Kier alpha value is -2.65. The minimum atomic E-state index is -0.939. The SMILES string of the molecule is C=CCC1(CC=C)c2ccccc2C(=O)N(Cc2ccccc2)[C@H]1O. The molecule has 0 aliphatic carbocycles. The first-order valence-electron chi connectivity index (χ1n) is 8.48. The molecule has 3 nitrogen and oxygen atoms in total. The van der Waals surface area contributed by atoms with Crippen LogP contribution in [0.15, 0.2) is 79.9 Å². The Labute approximate surface area is 148 Å². The van der Waals surface area contributed by atoms with Gasteiger partial charge in [-0.2, -0.15) is 0 Å². The second-order valence-electron chi connectivity index (χ2n) is 6.48.